The van der Waals surface area contributed by atoms with Gasteiger partial charge in [0.25, 0.3) is 0 Å². The zero-order valence-electron chi connectivity index (χ0n) is 14.0. The molecule has 0 bridgehead atoms. The average Bonchev–Trinajstić information content (AvgIpc) is 2.60. The number of benzene rings is 2. The van der Waals surface area contributed by atoms with E-state index in [1.54, 1.807) is 12.1 Å². The molecule has 0 aromatic heterocycles. The molecule has 1 aliphatic rings. The number of rotatable bonds is 4. The highest BCUT2D eigenvalue weighted by Gasteiger charge is 2.31. The fraction of sp³-hybridized carbons (Fsp3) is 0.316. The van der Waals surface area contributed by atoms with Gasteiger partial charge in [-0.3, -0.25) is 9.69 Å². The Morgan fingerprint density at radius 2 is 1.88 bits per heavy atom. The first kappa shape index (κ1) is 18.2. The Morgan fingerprint density at radius 3 is 2.56 bits per heavy atom. The van der Waals surface area contributed by atoms with Gasteiger partial charge in [-0.15, -0.1) is 0 Å². The van der Waals surface area contributed by atoms with Crippen LogP contribution in [0.5, 0.6) is 0 Å². The molecule has 0 radical (unpaired) electrons. The van der Waals surface area contributed by atoms with Gasteiger partial charge in [0.1, 0.15) is 6.04 Å². The Labute approximate surface area is 157 Å². The third kappa shape index (κ3) is 4.33. The van der Waals surface area contributed by atoms with Crippen LogP contribution < -0.4 is 5.32 Å². The van der Waals surface area contributed by atoms with Crippen molar-refractivity contribution in [2.24, 2.45) is 0 Å². The number of carbonyl (C=O) groups is 1. The SMILES string of the molecule is Cc1ccccc1NC(=O)[C@@H](c1ccc(Cl)cc1Cl)N1CCOCC1. The molecular weight excluding hydrogens is 359 g/mol. The van der Waals surface area contributed by atoms with Gasteiger partial charge in [-0.05, 0) is 36.2 Å². The van der Waals surface area contributed by atoms with Gasteiger partial charge in [-0.1, -0.05) is 47.5 Å². The van der Waals surface area contributed by atoms with E-state index in [0.717, 1.165) is 16.8 Å². The van der Waals surface area contributed by atoms with Gasteiger partial charge < -0.3 is 10.1 Å². The number of amides is 1. The lowest BCUT2D eigenvalue weighted by atomic mass is 10.0. The predicted octanol–water partition coefficient (Wildman–Crippen LogP) is 4.31. The van der Waals surface area contributed by atoms with E-state index in [1.165, 1.54) is 0 Å². The smallest absolute Gasteiger partial charge is 0.246 e. The number of carbonyl (C=O) groups excluding carboxylic acids is 1. The second kappa shape index (κ2) is 8.19. The average molecular weight is 379 g/mol. The lowest BCUT2D eigenvalue weighted by Gasteiger charge is -2.34. The van der Waals surface area contributed by atoms with Crippen LogP contribution >= 0.6 is 23.2 Å². The molecule has 1 atom stereocenters. The molecule has 132 valence electrons. The molecule has 2 aromatic carbocycles. The fourth-order valence-electron chi connectivity index (χ4n) is 2.98. The number of ether oxygens (including phenoxy) is 1. The number of para-hydroxylation sites is 1. The first-order valence-electron chi connectivity index (χ1n) is 8.19. The van der Waals surface area contributed by atoms with Crippen LogP contribution in [0.1, 0.15) is 17.2 Å². The summed E-state index contributed by atoms with van der Waals surface area (Å²) in [5.41, 5.74) is 2.56. The number of halogens is 2. The van der Waals surface area contributed by atoms with E-state index in [9.17, 15) is 4.79 Å². The molecule has 2 aromatic rings. The van der Waals surface area contributed by atoms with E-state index >= 15 is 0 Å². The second-order valence-electron chi connectivity index (χ2n) is 6.02. The summed E-state index contributed by atoms with van der Waals surface area (Å²) in [4.78, 5) is 15.2. The molecule has 0 aliphatic carbocycles. The Hall–Kier alpha value is -1.59. The number of nitrogens with zero attached hydrogens (tertiary/aromatic N) is 1. The molecule has 1 N–H and O–H groups in total. The van der Waals surface area contributed by atoms with Gasteiger partial charge in [-0.25, -0.2) is 0 Å². The summed E-state index contributed by atoms with van der Waals surface area (Å²) in [6.07, 6.45) is 0. The maximum absolute atomic E-state index is 13.1. The van der Waals surface area contributed by atoms with E-state index in [4.69, 9.17) is 27.9 Å². The number of aryl methyl sites for hydroxylation is 1. The fourth-order valence-corrected chi connectivity index (χ4v) is 3.49. The van der Waals surface area contributed by atoms with Crippen LogP contribution in [0.3, 0.4) is 0 Å². The van der Waals surface area contributed by atoms with Crippen LogP contribution in [0.25, 0.3) is 0 Å². The minimum Gasteiger partial charge on any atom is -0.379 e. The minimum absolute atomic E-state index is 0.111. The van der Waals surface area contributed by atoms with Gasteiger partial charge >= 0.3 is 0 Å². The maximum Gasteiger partial charge on any atom is 0.246 e. The van der Waals surface area contributed by atoms with Crippen molar-refractivity contribution >= 4 is 34.8 Å². The molecule has 1 heterocycles. The van der Waals surface area contributed by atoms with Crippen LogP contribution in [-0.4, -0.2) is 37.1 Å². The summed E-state index contributed by atoms with van der Waals surface area (Å²) >= 11 is 12.4. The molecule has 1 saturated heterocycles. The quantitative estimate of drug-likeness (QED) is 0.861. The van der Waals surface area contributed by atoms with Crippen molar-refractivity contribution in [2.45, 2.75) is 13.0 Å². The number of hydrogen-bond acceptors (Lipinski definition) is 3. The van der Waals surface area contributed by atoms with E-state index in [1.807, 2.05) is 37.3 Å². The van der Waals surface area contributed by atoms with E-state index < -0.39 is 6.04 Å². The van der Waals surface area contributed by atoms with Gasteiger partial charge in [0.15, 0.2) is 0 Å². The Morgan fingerprint density at radius 1 is 1.16 bits per heavy atom. The zero-order chi connectivity index (χ0) is 17.8. The van der Waals surface area contributed by atoms with Gasteiger partial charge in [-0.2, -0.15) is 0 Å². The number of anilines is 1. The molecule has 0 saturated carbocycles. The van der Waals surface area contributed by atoms with Crippen molar-refractivity contribution < 1.29 is 9.53 Å². The first-order valence-corrected chi connectivity index (χ1v) is 8.95. The van der Waals surface area contributed by atoms with Gasteiger partial charge in [0.05, 0.1) is 13.2 Å². The Kier molecular flexibility index (Phi) is 5.97. The van der Waals surface area contributed by atoms with Gasteiger partial charge in [0.2, 0.25) is 5.91 Å². The minimum atomic E-state index is -0.492. The Bertz CT molecular complexity index is 761. The highest BCUT2D eigenvalue weighted by Crippen LogP contribution is 2.32. The first-order chi connectivity index (χ1) is 12.1. The topological polar surface area (TPSA) is 41.6 Å². The largest absolute Gasteiger partial charge is 0.379 e. The van der Waals surface area contributed by atoms with Gasteiger partial charge in [0, 0.05) is 28.8 Å². The van der Waals surface area contributed by atoms with Crippen molar-refractivity contribution in [2.75, 3.05) is 31.6 Å². The lowest BCUT2D eigenvalue weighted by Crippen LogP contribution is -2.44. The monoisotopic (exact) mass is 378 g/mol. The molecule has 4 nitrogen and oxygen atoms in total. The molecule has 1 aliphatic heterocycles. The van der Waals surface area contributed by atoms with Crippen LogP contribution in [0.4, 0.5) is 5.69 Å². The van der Waals surface area contributed by atoms with Crippen LogP contribution in [0.15, 0.2) is 42.5 Å². The van der Waals surface area contributed by atoms with Crippen LogP contribution in [0.2, 0.25) is 10.0 Å². The third-order valence-electron chi connectivity index (χ3n) is 4.32. The molecule has 0 unspecified atom stereocenters. The third-order valence-corrected chi connectivity index (χ3v) is 4.88. The summed E-state index contributed by atoms with van der Waals surface area (Å²) in [5, 5.41) is 4.07. The van der Waals surface area contributed by atoms with Crippen LogP contribution in [0, 0.1) is 6.92 Å². The van der Waals surface area contributed by atoms with Crippen molar-refractivity contribution in [1.29, 1.82) is 0 Å². The summed E-state index contributed by atoms with van der Waals surface area (Å²) in [5.74, 6) is -0.111. The summed E-state index contributed by atoms with van der Waals surface area (Å²) in [6, 6.07) is 12.5. The molecular formula is C19H20Cl2N2O2. The molecule has 3 rings (SSSR count). The number of nitrogens with one attached hydrogen (secondary N) is 1. The molecule has 1 amide bonds. The summed E-state index contributed by atoms with van der Waals surface area (Å²) < 4.78 is 5.42. The highest BCUT2D eigenvalue weighted by atomic mass is 35.5. The van der Waals surface area contributed by atoms with Crippen molar-refractivity contribution in [3.8, 4) is 0 Å². The number of morpholine rings is 1. The van der Waals surface area contributed by atoms with Crippen molar-refractivity contribution in [3.05, 3.63) is 63.6 Å². The van der Waals surface area contributed by atoms with E-state index in [2.05, 4.69) is 10.2 Å². The summed E-state index contributed by atoms with van der Waals surface area (Å²) in [6.45, 7) is 4.50. The summed E-state index contributed by atoms with van der Waals surface area (Å²) in [7, 11) is 0. The normalized spacial score (nSPS) is 16.4. The molecule has 0 spiro atoms. The van der Waals surface area contributed by atoms with E-state index in [0.29, 0.717) is 36.3 Å². The van der Waals surface area contributed by atoms with Crippen molar-refractivity contribution in [1.82, 2.24) is 4.90 Å². The number of hydrogen-bond donors (Lipinski definition) is 1. The molecule has 6 heteroatoms. The second-order valence-corrected chi connectivity index (χ2v) is 6.86. The van der Waals surface area contributed by atoms with Crippen molar-refractivity contribution in [3.63, 3.8) is 0 Å². The Balaban J connectivity index is 1.92. The maximum atomic E-state index is 13.1. The molecule has 1 fully saturated rings. The standard InChI is InChI=1S/C19H20Cl2N2O2/c1-13-4-2-3-5-17(13)22-19(24)18(23-8-10-25-11-9-23)15-7-6-14(20)12-16(15)21/h2-7,12,18H,8-11H2,1H3,(H,22,24)/t18-/m1/s1. The molecule has 25 heavy (non-hydrogen) atoms. The lowest BCUT2D eigenvalue weighted by molar-refractivity contribution is -0.123. The predicted molar refractivity (Wildman–Crippen MR) is 101 cm³/mol. The van der Waals surface area contributed by atoms with E-state index in [-0.39, 0.29) is 5.91 Å². The zero-order valence-corrected chi connectivity index (χ0v) is 15.5. The van der Waals surface area contributed by atoms with Crippen LogP contribution in [-0.2, 0) is 9.53 Å². The highest BCUT2D eigenvalue weighted by molar-refractivity contribution is 6.35.